The van der Waals surface area contributed by atoms with Crippen LogP contribution in [0.3, 0.4) is 0 Å². The summed E-state index contributed by atoms with van der Waals surface area (Å²) in [5, 5.41) is 6.48. The molecular weight excluding hydrogens is 356 g/mol. The Labute approximate surface area is 132 Å². The van der Waals surface area contributed by atoms with E-state index < -0.39 is 10.0 Å². The molecule has 0 saturated heterocycles. The van der Waals surface area contributed by atoms with Crippen molar-refractivity contribution in [3.63, 3.8) is 0 Å². The van der Waals surface area contributed by atoms with E-state index in [2.05, 4.69) is 30.8 Å². The fourth-order valence-corrected chi connectivity index (χ4v) is 3.70. The number of hydrogen-bond donors (Lipinski definition) is 3. The average molecular weight is 373 g/mol. The van der Waals surface area contributed by atoms with E-state index in [0.29, 0.717) is 11.3 Å². The third kappa shape index (κ3) is 3.52. The van der Waals surface area contributed by atoms with Crippen LogP contribution in [0.2, 0.25) is 0 Å². The molecule has 0 aliphatic heterocycles. The Morgan fingerprint density at radius 2 is 2.00 bits per heavy atom. The summed E-state index contributed by atoms with van der Waals surface area (Å²) in [6, 6.07) is 7.08. The van der Waals surface area contributed by atoms with Crippen molar-refractivity contribution in [2.45, 2.75) is 31.5 Å². The van der Waals surface area contributed by atoms with Crippen LogP contribution < -0.4 is 10.5 Å². The standard InChI is InChI=1S/C13H17BrN4O2S/c1-8(10-3-5-11(14)6-4-10)18-21(19,20)13-12(7-15)9(2)16-17-13/h3-6,8,18H,7,15H2,1-2H3,(H,16,17). The Bertz CT molecular complexity index is 725. The van der Waals surface area contributed by atoms with Crippen LogP contribution in [0.15, 0.2) is 33.8 Å². The Hall–Kier alpha value is -1.22. The number of sulfonamides is 1. The summed E-state index contributed by atoms with van der Waals surface area (Å²) in [6.07, 6.45) is 0. The number of aryl methyl sites for hydroxylation is 1. The molecule has 1 unspecified atom stereocenters. The van der Waals surface area contributed by atoms with E-state index >= 15 is 0 Å². The lowest BCUT2D eigenvalue weighted by Gasteiger charge is -2.14. The van der Waals surface area contributed by atoms with Gasteiger partial charge in [0.2, 0.25) is 0 Å². The summed E-state index contributed by atoms with van der Waals surface area (Å²) in [5.74, 6) is 0. The van der Waals surface area contributed by atoms with Crippen LogP contribution in [0.4, 0.5) is 0 Å². The molecule has 0 fully saturated rings. The fraction of sp³-hybridized carbons (Fsp3) is 0.308. The lowest BCUT2D eigenvalue weighted by molar-refractivity contribution is 0.561. The van der Waals surface area contributed by atoms with Crippen LogP contribution >= 0.6 is 15.9 Å². The molecule has 8 heteroatoms. The van der Waals surface area contributed by atoms with E-state index in [1.165, 1.54) is 0 Å². The third-order valence-electron chi connectivity index (χ3n) is 3.20. The molecule has 1 heterocycles. The van der Waals surface area contributed by atoms with Crippen LogP contribution in [0.5, 0.6) is 0 Å². The maximum absolute atomic E-state index is 12.4. The first-order valence-corrected chi connectivity index (χ1v) is 8.64. The van der Waals surface area contributed by atoms with Gasteiger partial charge in [0.15, 0.2) is 5.03 Å². The van der Waals surface area contributed by atoms with Gasteiger partial charge < -0.3 is 5.73 Å². The minimum Gasteiger partial charge on any atom is -0.326 e. The Morgan fingerprint density at radius 3 is 2.57 bits per heavy atom. The van der Waals surface area contributed by atoms with Crippen molar-refractivity contribution in [3.05, 3.63) is 45.6 Å². The molecule has 0 spiro atoms. The molecule has 0 amide bonds. The number of aromatic nitrogens is 2. The van der Waals surface area contributed by atoms with Crippen LogP contribution in [-0.4, -0.2) is 18.6 Å². The van der Waals surface area contributed by atoms with Crippen molar-refractivity contribution < 1.29 is 8.42 Å². The van der Waals surface area contributed by atoms with Gasteiger partial charge in [0.25, 0.3) is 10.0 Å². The quantitative estimate of drug-likeness (QED) is 0.746. The normalized spacial score (nSPS) is 13.3. The number of rotatable bonds is 5. The van der Waals surface area contributed by atoms with Crippen LogP contribution in [0.1, 0.15) is 29.8 Å². The predicted molar refractivity (Wildman–Crippen MR) is 84.1 cm³/mol. The first kappa shape index (κ1) is 16.2. The largest absolute Gasteiger partial charge is 0.326 e. The number of aromatic amines is 1. The zero-order valence-corrected chi connectivity index (χ0v) is 14.1. The van der Waals surface area contributed by atoms with Crippen molar-refractivity contribution in [2.75, 3.05) is 0 Å². The molecular formula is C13H17BrN4O2S. The average Bonchev–Trinajstić information content (AvgIpc) is 2.80. The molecule has 0 saturated carbocycles. The Balaban J connectivity index is 2.26. The number of nitrogens with zero attached hydrogens (tertiary/aromatic N) is 1. The second-order valence-corrected chi connectivity index (χ2v) is 7.28. The molecule has 2 aromatic rings. The molecule has 21 heavy (non-hydrogen) atoms. The summed E-state index contributed by atoms with van der Waals surface area (Å²) in [5.41, 5.74) is 7.62. The molecule has 6 nitrogen and oxygen atoms in total. The van der Waals surface area contributed by atoms with E-state index in [-0.39, 0.29) is 17.6 Å². The van der Waals surface area contributed by atoms with Gasteiger partial charge in [-0.15, -0.1) is 0 Å². The zero-order valence-electron chi connectivity index (χ0n) is 11.7. The van der Waals surface area contributed by atoms with Crippen LogP contribution in [0.25, 0.3) is 0 Å². The number of nitrogens with two attached hydrogens (primary N) is 1. The number of H-pyrrole nitrogens is 1. The van der Waals surface area contributed by atoms with Gasteiger partial charge in [0.1, 0.15) is 0 Å². The lowest BCUT2D eigenvalue weighted by Crippen LogP contribution is -2.28. The molecule has 1 aromatic carbocycles. The molecule has 4 N–H and O–H groups in total. The van der Waals surface area contributed by atoms with Gasteiger partial charge in [0.05, 0.1) is 0 Å². The first-order chi connectivity index (χ1) is 9.85. The van der Waals surface area contributed by atoms with E-state index in [1.807, 2.05) is 24.3 Å². The minimum atomic E-state index is -3.72. The van der Waals surface area contributed by atoms with Crippen molar-refractivity contribution in [1.82, 2.24) is 14.9 Å². The summed E-state index contributed by atoms with van der Waals surface area (Å²) < 4.78 is 28.4. The number of halogens is 1. The van der Waals surface area contributed by atoms with Gasteiger partial charge in [-0.25, -0.2) is 13.1 Å². The van der Waals surface area contributed by atoms with Crippen LogP contribution in [-0.2, 0) is 16.6 Å². The SMILES string of the molecule is Cc1[nH]nc(S(=O)(=O)NC(C)c2ccc(Br)cc2)c1CN. The van der Waals surface area contributed by atoms with Crippen molar-refractivity contribution in [2.24, 2.45) is 5.73 Å². The van der Waals surface area contributed by atoms with Gasteiger partial charge in [-0.2, -0.15) is 5.10 Å². The highest BCUT2D eigenvalue weighted by Gasteiger charge is 2.25. The van der Waals surface area contributed by atoms with Crippen molar-refractivity contribution >= 4 is 26.0 Å². The molecule has 0 aliphatic carbocycles. The highest BCUT2D eigenvalue weighted by atomic mass is 79.9. The molecule has 0 radical (unpaired) electrons. The lowest BCUT2D eigenvalue weighted by atomic mass is 10.1. The highest BCUT2D eigenvalue weighted by Crippen LogP contribution is 2.21. The topological polar surface area (TPSA) is 101 Å². The van der Waals surface area contributed by atoms with Gasteiger partial charge in [-0.05, 0) is 31.5 Å². The second kappa shape index (κ2) is 6.27. The van der Waals surface area contributed by atoms with E-state index in [4.69, 9.17) is 5.73 Å². The van der Waals surface area contributed by atoms with Gasteiger partial charge in [-0.3, -0.25) is 5.10 Å². The van der Waals surface area contributed by atoms with Gasteiger partial charge in [-0.1, -0.05) is 28.1 Å². The number of hydrogen-bond acceptors (Lipinski definition) is 4. The zero-order chi connectivity index (χ0) is 15.6. The molecule has 0 aliphatic rings. The second-order valence-electron chi connectivity index (χ2n) is 4.73. The molecule has 1 aromatic heterocycles. The molecule has 114 valence electrons. The summed E-state index contributed by atoms with van der Waals surface area (Å²) in [4.78, 5) is 0. The predicted octanol–water partition coefficient (Wildman–Crippen LogP) is 1.98. The highest BCUT2D eigenvalue weighted by molar-refractivity contribution is 9.10. The first-order valence-electron chi connectivity index (χ1n) is 6.37. The smallest absolute Gasteiger partial charge is 0.260 e. The van der Waals surface area contributed by atoms with E-state index in [9.17, 15) is 8.42 Å². The number of benzene rings is 1. The Morgan fingerprint density at radius 1 is 1.38 bits per heavy atom. The molecule has 1 atom stereocenters. The number of nitrogens with one attached hydrogen (secondary N) is 2. The maximum atomic E-state index is 12.4. The molecule has 2 rings (SSSR count). The van der Waals surface area contributed by atoms with Crippen molar-refractivity contribution in [1.29, 1.82) is 0 Å². The fourth-order valence-electron chi connectivity index (χ4n) is 2.00. The van der Waals surface area contributed by atoms with E-state index in [0.717, 1.165) is 10.0 Å². The summed E-state index contributed by atoms with van der Waals surface area (Å²) in [6.45, 7) is 3.64. The third-order valence-corrected chi connectivity index (χ3v) is 5.24. The van der Waals surface area contributed by atoms with Gasteiger partial charge >= 0.3 is 0 Å². The van der Waals surface area contributed by atoms with Crippen LogP contribution in [0, 0.1) is 6.92 Å². The monoisotopic (exact) mass is 372 g/mol. The maximum Gasteiger partial charge on any atom is 0.260 e. The van der Waals surface area contributed by atoms with E-state index in [1.54, 1.807) is 13.8 Å². The van der Waals surface area contributed by atoms with Gasteiger partial charge in [0, 0.05) is 28.3 Å². The minimum absolute atomic E-state index is 0.0357. The summed E-state index contributed by atoms with van der Waals surface area (Å²) in [7, 11) is -3.72. The van der Waals surface area contributed by atoms with Crippen molar-refractivity contribution in [3.8, 4) is 0 Å². The summed E-state index contributed by atoms with van der Waals surface area (Å²) >= 11 is 3.35. The molecule has 0 bridgehead atoms. The Kier molecular flexibility index (Phi) is 4.82.